The van der Waals surface area contributed by atoms with E-state index >= 15 is 4.39 Å². The van der Waals surface area contributed by atoms with Crippen LogP contribution in [0.25, 0.3) is 21.9 Å². The van der Waals surface area contributed by atoms with Crippen LogP contribution < -0.4 is 10.6 Å². The maximum absolute atomic E-state index is 16.0. The number of anilines is 2. The summed E-state index contributed by atoms with van der Waals surface area (Å²) in [5.74, 6) is -2.15. The molecule has 1 aromatic carbocycles. The zero-order chi connectivity index (χ0) is 30.6. The van der Waals surface area contributed by atoms with Gasteiger partial charge in [-0.15, -0.1) is 0 Å². The molecule has 2 aromatic heterocycles. The van der Waals surface area contributed by atoms with E-state index in [9.17, 15) is 14.4 Å². The van der Waals surface area contributed by atoms with Gasteiger partial charge in [0, 0.05) is 46.6 Å². The Morgan fingerprint density at radius 1 is 1.12 bits per heavy atom. The molecule has 0 saturated heterocycles. The largest absolute Gasteiger partial charge is 0.466 e. The predicted molar refractivity (Wildman–Crippen MR) is 156 cm³/mol. The summed E-state index contributed by atoms with van der Waals surface area (Å²) in [5, 5.41) is 6.26. The van der Waals surface area contributed by atoms with Gasteiger partial charge in [0.05, 0.1) is 24.1 Å². The van der Waals surface area contributed by atoms with Crippen molar-refractivity contribution >= 4 is 40.2 Å². The van der Waals surface area contributed by atoms with Gasteiger partial charge in [-0.1, -0.05) is 0 Å². The number of hydrogen-bond donors (Lipinski definition) is 2. The molecule has 10 nitrogen and oxygen atoms in total. The van der Waals surface area contributed by atoms with Gasteiger partial charge in [-0.2, -0.15) is 0 Å². The number of benzene rings is 1. The first-order valence-electron chi connectivity index (χ1n) is 14.0. The molecule has 2 N–H and O–H groups in total. The molecule has 222 valence electrons. The van der Waals surface area contributed by atoms with Crippen LogP contribution in [0, 0.1) is 30.0 Å². The van der Waals surface area contributed by atoms with Gasteiger partial charge in [0.1, 0.15) is 11.4 Å². The van der Waals surface area contributed by atoms with Crippen molar-refractivity contribution in [2.45, 2.75) is 52.7 Å². The fourth-order valence-electron chi connectivity index (χ4n) is 6.06. The second kappa shape index (κ2) is 10.6. The van der Waals surface area contributed by atoms with Crippen LogP contribution in [-0.2, 0) is 19.1 Å². The van der Waals surface area contributed by atoms with E-state index in [0.29, 0.717) is 16.3 Å². The quantitative estimate of drug-likeness (QED) is 0.369. The minimum absolute atomic E-state index is 0.0966. The molecular formula is C31H36FN5O5. The first-order valence-corrected chi connectivity index (χ1v) is 14.0. The number of ether oxygens (including phenoxy) is 2. The van der Waals surface area contributed by atoms with Crippen molar-refractivity contribution in [3.8, 4) is 11.1 Å². The van der Waals surface area contributed by atoms with Crippen molar-refractivity contribution < 1.29 is 28.2 Å². The number of esters is 1. The normalized spacial score (nSPS) is 22.6. The Bertz CT molecular complexity index is 1590. The van der Waals surface area contributed by atoms with Crippen molar-refractivity contribution in [2.75, 3.05) is 31.3 Å². The summed E-state index contributed by atoms with van der Waals surface area (Å²) in [7, 11) is 3.87. The molecule has 2 amide bonds. The van der Waals surface area contributed by atoms with E-state index in [2.05, 4.69) is 20.6 Å². The van der Waals surface area contributed by atoms with Crippen LogP contribution in [0.15, 0.2) is 36.8 Å². The Balaban J connectivity index is 1.50. The molecule has 11 heteroatoms. The van der Waals surface area contributed by atoms with Gasteiger partial charge < -0.3 is 19.7 Å². The van der Waals surface area contributed by atoms with Gasteiger partial charge in [-0.25, -0.2) is 14.2 Å². The van der Waals surface area contributed by atoms with E-state index in [0.717, 1.165) is 12.0 Å². The summed E-state index contributed by atoms with van der Waals surface area (Å²) in [6, 6.07) is 5.13. The molecule has 2 fully saturated rings. The number of amides is 2. The molecular weight excluding hydrogens is 541 g/mol. The third-order valence-corrected chi connectivity index (χ3v) is 8.00. The van der Waals surface area contributed by atoms with Gasteiger partial charge in [-0.3, -0.25) is 19.9 Å². The lowest BCUT2D eigenvalue weighted by molar-refractivity contribution is -0.146. The number of nitrogens with zero attached hydrogens (tertiary/aromatic N) is 3. The number of hydrogen-bond acceptors (Lipinski definition) is 8. The molecule has 1 spiro atoms. The van der Waals surface area contributed by atoms with E-state index in [1.807, 2.05) is 25.9 Å². The van der Waals surface area contributed by atoms with Crippen molar-refractivity contribution in [2.24, 2.45) is 17.3 Å². The standard InChI is InChI=1S/C31H36FN5O5/c1-8-41-28(39)24-23(31(24)13-21(31)37(6)7)27(38)35-22-12-17-11-18(19-14-33-10-9-16(19)2)25(32)26(20(17)15-34-22)36-29(40)42-30(3,4)5/h9-12,14-15,21,23-24H,8,13H2,1-7H3,(H,36,40)(H,34,35,38)/t21-,23+,24+,31?/m1/s1. The predicted octanol–water partition coefficient (Wildman–Crippen LogP) is 5.16. The first-order chi connectivity index (χ1) is 19.8. The van der Waals surface area contributed by atoms with Gasteiger partial charge >= 0.3 is 12.1 Å². The number of carbonyl (C=O) groups is 3. The van der Waals surface area contributed by atoms with E-state index < -0.39 is 34.8 Å². The molecule has 0 bridgehead atoms. The van der Waals surface area contributed by atoms with Gasteiger partial charge in [0.15, 0.2) is 5.82 Å². The molecule has 2 aliphatic rings. The van der Waals surface area contributed by atoms with Gasteiger partial charge in [-0.05, 0) is 84.3 Å². The minimum Gasteiger partial charge on any atom is -0.466 e. The molecule has 2 heterocycles. The number of pyridine rings is 2. The van der Waals surface area contributed by atoms with Crippen molar-refractivity contribution in [3.05, 3.63) is 48.2 Å². The average molecular weight is 578 g/mol. The lowest BCUT2D eigenvalue weighted by Crippen LogP contribution is -2.27. The Morgan fingerprint density at radius 3 is 2.48 bits per heavy atom. The van der Waals surface area contributed by atoms with Crippen LogP contribution in [0.1, 0.15) is 39.7 Å². The third kappa shape index (κ3) is 5.29. The maximum Gasteiger partial charge on any atom is 0.412 e. The molecule has 0 radical (unpaired) electrons. The monoisotopic (exact) mass is 577 g/mol. The Hall–Kier alpha value is -4.12. The fourth-order valence-corrected chi connectivity index (χ4v) is 6.06. The Morgan fingerprint density at radius 2 is 1.86 bits per heavy atom. The smallest absolute Gasteiger partial charge is 0.412 e. The molecule has 2 aliphatic carbocycles. The van der Waals surface area contributed by atoms with E-state index in [1.54, 1.807) is 58.3 Å². The summed E-state index contributed by atoms with van der Waals surface area (Å²) < 4.78 is 26.7. The van der Waals surface area contributed by atoms with Crippen molar-refractivity contribution in [3.63, 3.8) is 0 Å². The number of rotatable bonds is 7. The molecule has 5 rings (SSSR count). The number of carbonyl (C=O) groups excluding carboxylic acids is 3. The Kier molecular flexibility index (Phi) is 7.42. The zero-order valence-corrected chi connectivity index (χ0v) is 24.9. The molecule has 4 atom stereocenters. The van der Waals surface area contributed by atoms with Crippen LogP contribution in [0.4, 0.5) is 20.7 Å². The highest BCUT2D eigenvalue weighted by molar-refractivity contribution is 6.06. The van der Waals surface area contributed by atoms with Gasteiger partial charge in [0.2, 0.25) is 5.91 Å². The zero-order valence-electron chi connectivity index (χ0n) is 24.9. The summed E-state index contributed by atoms with van der Waals surface area (Å²) >= 11 is 0. The van der Waals surface area contributed by atoms with Crippen LogP contribution in [-0.4, -0.2) is 65.2 Å². The minimum atomic E-state index is -0.816. The number of aromatic nitrogens is 2. The highest BCUT2D eigenvalue weighted by Crippen LogP contribution is 2.76. The van der Waals surface area contributed by atoms with Crippen LogP contribution in [0.2, 0.25) is 0 Å². The van der Waals surface area contributed by atoms with Crippen molar-refractivity contribution in [1.82, 2.24) is 14.9 Å². The lowest BCUT2D eigenvalue weighted by atomic mass is 9.98. The van der Waals surface area contributed by atoms with E-state index in [-0.39, 0.29) is 41.6 Å². The van der Waals surface area contributed by atoms with Crippen LogP contribution >= 0.6 is 0 Å². The first kappa shape index (κ1) is 29.4. The molecule has 3 aromatic rings. The second-order valence-corrected chi connectivity index (χ2v) is 12.2. The number of nitrogens with one attached hydrogen (secondary N) is 2. The second-order valence-electron chi connectivity index (χ2n) is 12.2. The molecule has 1 unspecified atom stereocenters. The number of halogens is 1. The third-order valence-electron chi connectivity index (χ3n) is 8.00. The lowest BCUT2D eigenvalue weighted by Gasteiger charge is -2.21. The molecule has 2 saturated carbocycles. The van der Waals surface area contributed by atoms with E-state index in [1.165, 1.54) is 6.20 Å². The molecule has 0 aliphatic heterocycles. The summed E-state index contributed by atoms with van der Waals surface area (Å²) in [6.07, 6.45) is 4.48. The number of aryl methyl sites for hydroxylation is 1. The van der Waals surface area contributed by atoms with Crippen LogP contribution in [0.5, 0.6) is 0 Å². The van der Waals surface area contributed by atoms with Gasteiger partial charge in [0.25, 0.3) is 0 Å². The summed E-state index contributed by atoms with van der Waals surface area (Å²) in [5.41, 5.74) is 0.233. The molecule has 42 heavy (non-hydrogen) atoms. The van der Waals surface area contributed by atoms with Crippen molar-refractivity contribution in [1.29, 1.82) is 0 Å². The summed E-state index contributed by atoms with van der Waals surface area (Å²) in [4.78, 5) is 49.4. The average Bonchev–Trinajstić information content (AvgIpc) is 3.80. The number of fused-ring (bicyclic) bond motifs is 1. The Labute approximate surface area is 244 Å². The SMILES string of the molecule is CCOC(=O)[C@@H]1[C@@H](C(=O)Nc2cc3cc(-c4cnccc4C)c(F)c(NC(=O)OC(C)(C)C)c3cn2)C12C[C@H]2N(C)C. The highest BCUT2D eigenvalue weighted by atomic mass is 19.1. The maximum atomic E-state index is 16.0. The van der Waals surface area contributed by atoms with E-state index in [4.69, 9.17) is 9.47 Å². The fraction of sp³-hybridized carbons (Fsp3) is 0.452. The van der Waals surface area contributed by atoms with Crippen LogP contribution in [0.3, 0.4) is 0 Å². The topological polar surface area (TPSA) is 123 Å². The highest BCUT2D eigenvalue weighted by Gasteiger charge is 2.83. The summed E-state index contributed by atoms with van der Waals surface area (Å²) in [6.45, 7) is 8.97.